The maximum atomic E-state index is 11.9. The van der Waals surface area contributed by atoms with Crippen LogP contribution in [0.15, 0.2) is 22.7 Å². The minimum absolute atomic E-state index is 0.176. The number of nitrogens with one attached hydrogen (secondary N) is 2. The van der Waals surface area contributed by atoms with Crippen LogP contribution in [0.4, 0.5) is 0 Å². The molecular formula is C10H10BrN5O. The Morgan fingerprint density at radius 2 is 2.35 bits per heavy atom. The summed E-state index contributed by atoms with van der Waals surface area (Å²) in [5.41, 5.74) is 1.60. The molecule has 0 aliphatic carbocycles. The van der Waals surface area contributed by atoms with E-state index in [1.807, 2.05) is 19.1 Å². The molecule has 1 aromatic carbocycles. The molecule has 0 fully saturated rings. The number of carbonyl (C=O) groups is 1. The average Bonchev–Trinajstić information content (AvgIpc) is 2.82. The van der Waals surface area contributed by atoms with Crippen molar-refractivity contribution >= 4 is 21.8 Å². The molecule has 0 aliphatic heterocycles. The molecule has 1 heterocycles. The standard InChI is InChI=1S/C10H10BrN5O/c1-6-3-2-4-7(9(6)11)10(17)12-5-8-13-15-16-14-8/h2-4H,5H2,1H3,(H,12,17)(H,13,14,15,16). The molecule has 6 nitrogen and oxygen atoms in total. The number of aromatic nitrogens is 4. The Morgan fingerprint density at radius 1 is 1.53 bits per heavy atom. The highest BCUT2D eigenvalue weighted by atomic mass is 79.9. The molecule has 0 aliphatic rings. The molecule has 0 saturated heterocycles. The van der Waals surface area contributed by atoms with E-state index < -0.39 is 0 Å². The summed E-state index contributed by atoms with van der Waals surface area (Å²) < 4.78 is 0.797. The topological polar surface area (TPSA) is 83.6 Å². The summed E-state index contributed by atoms with van der Waals surface area (Å²) in [4.78, 5) is 11.9. The molecule has 17 heavy (non-hydrogen) atoms. The van der Waals surface area contributed by atoms with Crippen molar-refractivity contribution in [2.75, 3.05) is 0 Å². The fourth-order valence-electron chi connectivity index (χ4n) is 1.33. The zero-order valence-corrected chi connectivity index (χ0v) is 10.7. The second-order valence-corrected chi connectivity index (χ2v) is 4.24. The van der Waals surface area contributed by atoms with Crippen molar-refractivity contribution in [2.45, 2.75) is 13.5 Å². The number of H-pyrrole nitrogens is 1. The van der Waals surface area contributed by atoms with Gasteiger partial charge in [-0.25, -0.2) is 0 Å². The van der Waals surface area contributed by atoms with E-state index in [4.69, 9.17) is 0 Å². The third-order valence-corrected chi connectivity index (χ3v) is 3.29. The predicted octanol–water partition coefficient (Wildman–Crippen LogP) is 1.20. The molecule has 0 saturated carbocycles. The van der Waals surface area contributed by atoms with Crippen molar-refractivity contribution in [2.24, 2.45) is 0 Å². The molecule has 7 heteroatoms. The zero-order valence-electron chi connectivity index (χ0n) is 9.07. The van der Waals surface area contributed by atoms with Crippen LogP contribution in [0, 0.1) is 6.92 Å². The van der Waals surface area contributed by atoms with Gasteiger partial charge in [0.25, 0.3) is 5.91 Å². The van der Waals surface area contributed by atoms with Gasteiger partial charge in [0.05, 0.1) is 12.1 Å². The van der Waals surface area contributed by atoms with E-state index in [9.17, 15) is 4.79 Å². The highest BCUT2D eigenvalue weighted by Gasteiger charge is 2.11. The van der Waals surface area contributed by atoms with Gasteiger partial charge in [0.1, 0.15) is 0 Å². The first-order chi connectivity index (χ1) is 8.18. The fraction of sp³-hybridized carbons (Fsp3) is 0.200. The minimum atomic E-state index is -0.176. The van der Waals surface area contributed by atoms with Crippen LogP contribution >= 0.6 is 15.9 Å². The molecular weight excluding hydrogens is 286 g/mol. The number of halogens is 1. The average molecular weight is 296 g/mol. The van der Waals surface area contributed by atoms with Gasteiger partial charge in [0, 0.05) is 4.47 Å². The van der Waals surface area contributed by atoms with Gasteiger partial charge in [0.2, 0.25) is 0 Å². The molecule has 88 valence electrons. The van der Waals surface area contributed by atoms with Gasteiger partial charge in [-0.1, -0.05) is 17.3 Å². The van der Waals surface area contributed by atoms with Gasteiger partial charge in [0.15, 0.2) is 5.82 Å². The number of hydrogen-bond acceptors (Lipinski definition) is 4. The lowest BCUT2D eigenvalue weighted by Crippen LogP contribution is -2.24. The van der Waals surface area contributed by atoms with E-state index in [1.54, 1.807) is 6.07 Å². The normalized spacial score (nSPS) is 10.2. The lowest BCUT2D eigenvalue weighted by Gasteiger charge is -2.06. The molecule has 1 amide bonds. The highest BCUT2D eigenvalue weighted by molar-refractivity contribution is 9.10. The van der Waals surface area contributed by atoms with Gasteiger partial charge >= 0.3 is 0 Å². The lowest BCUT2D eigenvalue weighted by atomic mass is 10.1. The van der Waals surface area contributed by atoms with Crippen molar-refractivity contribution < 1.29 is 4.79 Å². The molecule has 2 N–H and O–H groups in total. The van der Waals surface area contributed by atoms with Gasteiger partial charge in [-0.3, -0.25) is 4.79 Å². The lowest BCUT2D eigenvalue weighted by molar-refractivity contribution is 0.0949. The third-order valence-electron chi connectivity index (χ3n) is 2.23. The summed E-state index contributed by atoms with van der Waals surface area (Å²) >= 11 is 3.39. The Hall–Kier alpha value is -1.76. The Balaban J connectivity index is 2.07. The van der Waals surface area contributed by atoms with Crippen LogP contribution in [0.2, 0.25) is 0 Å². The molecule has 0 spiro atoms. The number of nitrogens with zero attached hydrogens (tertiary/aromatic N) is 3. The number of aromatic amines is 1. The monoisotopic (exact) mass is 295 g/mol. The van der Waals surface area contributed by atoms with Crippen LogP contribution in [0.25, 0.3) is 0 Å². The van der Waals surface area contributed by atoms with E-state index >= 15 is 0 Å². The van der Waals surface area contributed by atoms with Crippen LogP contribution in [-0.2, 0) is 6.54 Å². The highest BCUT2D eigenvalue weighted by Crippen LogP contribution is 2.20. The molecule has 0 radical (unpaired) electrons. The molecule has 2 rings (SSSR count). The van der Waals surface area contributed by atoms with Crippen molar-refractivity contribution in [1.29, 1.82) is 0 Å². The van der Waals surface area contributed by atoms with Crippen LogP contribution in [0.3, 0.4) is 0 Å². The molecule has 0 unspecified atom stereocenters. The summed E-state index contributed by atoms with van der Waals surface area (Å²) in [7, 11) is 0. The van der Waals surface area contributed by atoms with E-state index in [0.29, 0.717) is 11.4 Å². The quantitative estimate of drug-likeness (QED) is 0.891. The maximum Gasteiger partial charge on any atom is 0.252 e. The number of amides is 1. The van der Waals surface area contributed by atoms with E-state index in [0.717, 1.165) is 10.0 Å². The first-order valence-corrected chi connectivity index (χ1v) is 5.73. The Labute approximate surface area is 106 Å². The van der Waals surface area contributed by atoms with Gasteiger partial charge in [-0.05, 0) is 34.5 Å². The second kappa shape index (κ2) is 5.05. The Morgan fingerprint density at radius 3 is 3.06 bits per heavy atom. The number of aryl methyl sites for hydroxylation is 1. The number of tetrazole rings is 1. The first-order valence-electron chi connectivity index (χ1n) is 4.94. The van der Waals surface area contributed by atoms with Crippen molar-refractivity contribution in [3.05, 3.63) is 39.6 Å². The number of rotatable bonds is 3. The third kappa shape index (κ3) is 2.68. The summed E-state index contributed by atoms with van der Waals surface area (Å²) in [6.07, 6.45) is 0. The fourth-order valence-corrected chi connectivity index (χ4v) is 1.78. The van der Waals surface area contributed by atoms with Crippen LogP contribution < -0.4 is 5.32 Å². The number of benzene rings is 1. The predicted molar refractivity (Wildman–Crippen MR) is 64.2 cm³/mol. The van der Waals surface area contributed by atoms with Crippen molar-refractivity contribution in [3.8, 4) is 0 Å². The second-order valence-electron chi connectivity index (χ2n) is 3.45. The Bertz CT molecular complexity index is 525. The summed E-state index contributed by atoms with van der Waals surface area (Å²) in [5, 5.41) is 15.9. The van der Waals surface area contributed by atoms with Crippen molar-refractivity contribution in [1.82, 2.24) is 25.9 Å². The number of carbonyl (C=O) groups excluding carboxylic acids is 1. The van der Waals surface area contributed by atoms with Crippen LogP contribution in [-0.4, -0.2) is 26.5 Å². The van der Waals surface area contributed by atoms with Crippen LogP contribution in [0.1, 0.15) is 21.7 Å². The number of hydrogen-bond donors (Lipinski definition) is 2. The largest absolute Gasteiger partial charge is 0.345 e. The molecule has 0 bridgehead atoms. The maximum absolute atomic E-state index is 11.9. The van der Waals surface area contributed by atoms with Gasteiger partial charge in [-0.15, -0.1) is 10.2 Å². The molecule has 0 atom stereocenters. The van der Waals surface area contributed by atoms with Gasteiger partial charge in [-0.2, -0.15) is 5.21 Å². The smallest absolute Gasteiger partial charge is 0.252 e. The molecule has 1 aromatic heterocycles. The minimum Gasteiger partial charge on any atom is -0.345 e. The van der Waals surface area contributed by atoms with E-state index in [2.05, 4.69) is 41.9 Å². The van der Waals surface area contributed by atoms with E-state index in [-0.39, 0.29) is 12.5 Å². The van der Waals surface area contributed by atoms with Crippen molar-refractivity contribution in [3.63, 3.8) is 0 Å². The summed E-state index contributed by atoms with van der Waals surface area (Å²) in [5.74, 6) is 0.271. The molecule has 2 aromatic rings. The first kappa shape index (κ1) is 11.7. The summed E-state index contributed by atoms with van der Waals surface area (Å²) in [6.45, 7) is 2.18. The zero-order chi connectivity index (χ0) is 12.3. The van der Waals surface area contributed by atoms with Crippen LogP contribution in [0.5, 0.6) is 0 Å². The Kier molecular flexibility index (Phi) is 3.48. The van der Waals surface area contributed by atoms with E-state index in [1.165, 1.54) is 0 Å². The SMILES string of the molecule is Cc1cccc(C(=O)NCc2nn[nH]n2)c1Br. The van der Waals surface area contributed by atoms with Gasteiger partial charge < -0.3 is 5.32 Å². The summed E-state index contributed by atoms with van der Waals surface area (Å²) in [6, 6.07) is 5.52.